The van der Waals surface area contributed by atoms with E-state index in [-0.39, 0.29) is 22.2 Å². The van der Waals surface area contributed by atoms with Gasteiger partial charge in [0.1, 0.15) is 11.3 Å². The Labute approximate surface area is 90.3 Å². The highest BCUT2D eigenvalue weighted by atomic mass is 35.5. The van der Waals surface area contributed by atoms with Crippen molar-refractivity contribution in [2.75, 3.05) is 5.32 Å². The van der Waals surface area contributed by atoms with Crippen molar-refractivity contribution in [3.05, 3.63) is 22.7 Å². The molecule has 1 aromatic carbocycles. The molecular weight excluding hydrogens is 222 g/mol. The van der Waals surface area contributed by atoms with Gasteiger partial charge in [-0.3, -0.25) is 4.79 Å². The van der Waals surface area contributed by atoms with Gasteiger partial charge in [-0.2, -0.15) is 0 Å². The maximum Gasteiger partial charge on any atom is 0.339 e. The number of benzene rings is 1. The van der Waals surface area contributed by atoms with Crippen LogP contribution in [0.4, 0.5) is 5.69 Å². The van der Waals surface area contributed by atoms with E-state index < -0.39 is 11.7 Å². The molecule has 0 saturated heterocycles. The number of hydrogen-bond donors (Lipinski definition) is 3. The van der Waals surface area contributed by atoms with E-state index in [2.05, 4.69) is 5.32 Å². The summed E-state index contributed by atoms with van der Waals surface area (Å²) in [7, 11) is 0. The van der Waals surface area contributed by atoms with Crippen LogP contribution in [0.25, 0.3) is 0 Å². The van der Waals surface area contributed by atoms with Gasteiger partial charge in [0.15, 0.2) is 0 Å². The van der Waals surface area contributed by atoms with Crippen LogP contribution in [0.5, 0.6) is 5.75 Å². The van der Waals surface area contributed by atoms with E-state index in [0.29, 0.717) is 0 Å². The van der Waals surface area contributed by atoms with Gasteiger partial charge in [0, 0.05) is 13.0 Å². The molecule has 3 N–H and O–H groups in total. The normalized spacial score (nSPS) is 9.73. The molecule has 80 valence electrons. The summed E-state index contributed by atoms with van der Waals surface area (Å²) in [6, 6.07) is 2.16. The van der Waals surface area contributed by atoms with E-state index in [4.69, 9.17) is 16.7 Å². The maximum absolute atomic E-state index is 10.7. The molecule has 6 heteroatoms. The molecule has 0 saturated carbocycles. The number of carboxylic acids is 1. The van der Waals surface area contributed by atoms with Crippen molar-refractivity contribution < 1.29 is 19.8 Å². The lowest BCUT2D eigenvalue weighted by molar-refractivity contribution is -0.114. The number of carbonyl (C=O) groups is 2. The molecule has 0 aliphatic heterocycles. The lowest BCUT2D eigenvalue weighted by atomic mass is 10.2. The zero-order valence-corrected chi connectivity index (χ0v) is 8.50. The number of rotatable bonds is 2. The van der Waals surface area contributed by atoms with Crippen LogP contribution in [-0.4, -0.2) is 22.1 Å². The van der Waals surface area contributed by atoms with Gasteiger partial charge in [0.2, 0.25) is 5.91 Å². The molecule has 0 aliphatic carbocycles. The number of anilines is 1. The second kappa shape index (κ2) is 4.18. The fourth-order valence-corrected chi connectivity index (χ4v) is 1.23. The Bertz CT molecular complexity index is 430. The second-order valence-electron chi connectivity index (χ2n) is 2.84. The number of aromatic carboxylic acids is 1. The Kier molecular flexibility index (Phi) is 3.16. The zero-order valence-electron chi connectivity index (χ0n) is 7.74. The molecule has 1 rings (SSSR count). The largest absolute Gasteiger partial charge is 0.507 e. The number of carboxylic acid groups (broad SMARTS) is 1. The molecule has 0 bridgehead atoms. The van der Waals surface area contributed by atoms with Crippen LogP contribution >= 0.6 is 11.6 Å². The van der Waals surface area contributed by atoms with Gasteiger partial charge in [0.05, 0.1) is 10.7 Å². The van der Waals surface area contributed by atoms with E-state index >= 15 is 0 Å². The topological polar surface area (TPSA) is 86.6 Å². The minimum atomic E-state index is -1.29. The molecule has 0 aromatic heterocycles. The van der Waals surface area contributed by atoms with Crippen LogP contribution in [-0.2, 0) is 4.79 Å². The zero-order chi connectivity index (χ0) is 11.6. The first-order chi connectivity index (χ1) is 6.91. The quantitative estimate of drug-likeness (QED) is 0.720. The third-order valence-electron chi connectivity index (χ3n) is 1.63. The van der Waals surface area contributed by atoms with Gasteiger partial charge in [-0.05, 0) is 6.07 Å². The van der Waals surface area contributed by atoms with Crippen LogP contribution < -0.4 is 5.32 Å². The first-order valence-corrected chi connectivity index (χ1v) is 4.33. The van der Waals surface area contributed by atoms with Crippen molar-refractivity contribution >= 4 is 29.2 Å². The van der Waals surface area contributed by atoms with Crippen LogP contribution in [0.2, 0.25) is 5.02 Å². The smallest absolute Gasteiger partial charge is 0.339 e. The summed E-state index contributed by atoms with van der Waals surface area (Å²) in [6.07, 6.45) is 0. The summed E-state index contributed by atoms with van der Waals surface area (Å²) in [5, 5.41) is 20.4. The summed E-state index contributed by atoms with van der Waals surface area (Å²) in [5.74, 6) is -2.10. The number of carbonyl (C=O) groups excluding carboxylic acids is 1. The summed E-state index contributed by atoms with van der Waals surface area (Å²) in [5.41, 5.74) is -0.138. The van der Waals surface area contributed by atoms with E-state index in [1.165, 1.54) is 6.92 Å². The number of phenols is 1. The predicted octanol–water partition coefficient (Wildman–Crippen LogP) is 1.70. The Morgan fingerprint density at radius 1 is 1.40 bits per heavy atom. The molecule has 5 nitrogen and oxygen atoms in total. The van der Waals surface area contributed by atoms with Crippen molar-refractivity contribution in [1.82, 2.24) is 0 Å². The summed E-state index contributed by atoms with van der Waals surface area (Å²) in [6.45, 7) is 1.28. The van der Waals surface area contributed by atoms with Crippen molar-refractivity contribution in [2.45, 2.75) is 6.92 Å². The summed E-state index contributed by atoms with van der Waals surface area (Å²) < 4.78 is 0. The maximum atomic E-state index is 10.7. The summed E-state index contributed by atoms with van der Waals surface area (Å²) in [4.78, 5) is 21.3. The van der Waals surface area contributed by atoms with Crippen molar-refractivity contribution in [2.24, 2.45) is 0 Å². The number of halogens is 1. The lowest BCUT2D eigenvalue weighted by Gasteiger charge is -2.07. The average Bonchev–Trinajstić information content (AvgIpc) is 2.09. The molecule has 0 radical (unpaired) electrons. The lowest BCUT2D eigenvalue weighted by Crippen LogP contribution is -2.07. The van der Waals surface area contributed by atoms with Crippen LogP contribution in [0.3, 0.4) is 0 Å². The Morgan fingerprint density at radius 3 is 2.47 bits per heavy atom. The average molecular weight is 230 g/mol. The minimum Gasteiger partial charge on any atom is -0.507 e. The molecule has 1 amide bonds. The number of aromatic hydroxyl groups is 1. The fourth-order valence-electron chi connectivity index (χ4n) is 1.02. The number of amides is 1. The number of nitrogens with one attached hydrogen (secondary N) is 1. The molecule has 0 spiro atoms. The highest BCUT2D eigenvalue weighted by molar-refractivity contribution is 6.34. The standard InChI is InChI=1S/C9H8ClNO4/c1-4(12)11-7-3-8(13)5(9(14)15)2-6(7)10/h2-3,13H,1H3,(H,11,12)(H,14,15). The Hall–Kier alpha value is -1.75. The van der Waals surface area contributed by atoms with Crippen molar-refractivity contribution in [3.8, 4) is 5.75 Å². The molecule has 0 unspecified atom stereocenters. The third kappa shape index (κ3) is 2.60. The van der Waals surface area contributed by atoms with Crippen LogP contribution in [0.1, 0.15) is 17.3 Å². The van der Waals surface area contributed by atoms with E-state index in [1.54, 1.807) is 0 Å². The van der Waals surface area contributed by atoms with Gasteiger partial charge in [0.25, 0.3) is 0 Å². The van der Waals surface area contributed by atoms with E-state index in [0.717, 1.165) is 12.1 Å². The van der Waals surface area contributed by atoms with Crippen molar-refractivity contribution in [3.63, 3.8) is 0 Å². The molecule has 0 heterocycles. The number of hydrogen-bond acceptors (Lipinski definition) is 3. The van der Waals surface area contributed by atoms with E-state index in [1.807, 2.05) is 0 Å². The van der Waals surface area contributed by atoms with Crippen LogP contribution in [0.15, 0.2) is 12.1 Å². The molecular formula is C9H8ClNO4. The molecule has 1 aromatic rings. The van der Waals surface area contributed by atoms with Crippen LogP contribution in [0, 0.1) is 0 Å². The summed E-state index contributed by atoms with van der Waals surface area (Å²) >= 11 is 5.70. The highest BCUT2D eigenvalue weighted by Gasteiger charge is 2.13. The SMILES string of the molecule is CC(=O)Nc1cc(O)c(C(=O)O)cc1Cl. The first kappa shape index (κ1) is 11.3. The Balaban J connectivity index is 3.19. The Morgan fingerprint density at radius 2 is 2.00 bits per heavy atom. The molecule has 0 atom stereocenters. The van der Waals surface area contributed by atoms with Gasteiger partial charge in [-0.15, -0.1) is 0 Å². The molecule has 0 aliphatic rings. The first-order valence-electron chi connectivity index (χ1n) is 3.95. The van der Waals surface area contributed by atoms with Gasteiger partial charge < -0.3 is 15.5 Å². The highest BCUT2D eigenvalue weighted by Crippen LogP contribution is 2.30. The minimum absolute atomic E-state index is 0.0559. The monoisotopic (exact) mass is 229 g/mol. The van der Waals surface area contributed by atoms with Gasteiger partial charge in [-0.25, -0.2) is 4.79 Å². The van der Waals surface area contributed by atoms with Gasteiger partial charge in [-0.1, -0.05) is 11.6 Å². The fraction of sp³-hybridized carbons (Fsp3) is 0.111. The van der Waals surface area contributed by atoms with Gasteiger partial charge >= 0.3 is 5.97 Å². The molecule has 15 heavy (non-hydrogen) atoms. The second-order valence-corrected chi connectivity index (χ2v) is 3.24. The predicted molar refractivity (Wildman–Crippen MR) is 54.4 cm³/mol. The van der Waals surface area contributed by atoms with Crippen molar-refractivity contribution in [1.29, 1.82) is 0 Å². The molecule has 0 fully saturated rings. The van der Waals surface area contributed by atoms with E-state index in [9.17, 15) is 14.7 Å². The third-order valence-corrected chi connectivity index (χ3v) is 1.94.